The molecule has 0 bridgehead atoms. The maximum absolute atomic E-state index is 12.5. The first-order valence-electron chi connectivity index (χ1n) is 8.18. The molecule has 27 heavy (non-hydrogen) atoms. The van der Waals surface area contributed by atoms with E-state index in [2.05, 4.69) is 26.0 Å². The zero-order chi connectivity index (χ0) is 20.0. The normalized spacial score (nSPS) is 12.1. The molecule has 0 aliphatic carbocycles. The molecule has 146 valence electrons. The van der Waals surface area contributed by atoms with Crippen molar-refractivity contribution < 1.29 is 23.0 Å². The zero-order valence-electron chi connectivity index (χ0n) is 15.2. The fourth-order valence-electron chi connectivity index (χ4n) is 2.44. The largest absolute Gasteiger partial charge is 0.493 e. The number of carbonyl (C=O) groups excluding carboxylic acids is 1. The van der Waals surface area contributed by atoms with E-state index in [4.69, 9.17) is 4.74 Å². The summed E-state index contributed by atoms with van der Waals surface area (Å²) >= 11 is 3.37. The van der Waals surface area contributed by atoms with Crippen molar-refractivity contribution in [3.63, 3.8) is 0 Å². The Kier molecular flexibility index (Phi) is 7.55. The lowest BCUT2D eigenvalue weighted by atomic mass is 10.1. The summed E-state index contributed by atoms with van der Waals surface area (Å²) in [6.07, 6.45) is 0. The number of hydrogen-bond donors (Lipinski definition) is 1. The van der Waals surface area contributed by atoms with E-state index in [-0.39, 0.29) is 17.4 Å². The third-order valence-electron chi connectivity index (χ3n) is 4.01. The Morgan fingerprint density at radius 3 is 2.59 bits per heavy atom. The Labute approximate surface area is 165 Å². The first kappa shape index (κ1) is 21.1. The first-order chi connectivity index (χ1) is 12.8. The highest BCUT2D eigenvalue weighted by molar-refractivity contribution is 9.10. The quantitative estimate of drug-likeness (QED) is 0.652. The van der Waals surface area contributed by atoms with Crippen molar-refractivity contribution >= 4 is 27.5 Å². The summed E-state index contributed by atoms with van der Waals surface area (Å²) < 4.78 is 35.2. The fraction of sp³-hybridized carbons (Fsp3) is 0.316. The molecule has 2 aromatic carbocycles. The molecule has 1 N–H and O–H groups in total. The molecule has 0 aliphatic heterocycles. The van der Waals surface area contributed by atoms with E-state index >= 15 is 0 Å². The van der Waals surface area contributed by atoms with E-state index < -0.39 is 12.7 Å². The van der Waals surface area contributed by atoms with Crippen LogP contribution < -0.4 is 14.8 Å². The lowest BCUT2D eigenvalue weighted by Gasteiger charge is -2.24. The van der Waals surface area contributed by atoms with Crippen LogP contribution in [-0.2, 0) is 11.3 Å². The van der Waals surface area contributed by atoms with Crippen LogP contribution in [0.4, 0.5) is 14.5 Å². The number of nitrogens with one attached hydrogen (secondary N) is 1. The standard InChI is InChI=1S/C19H21BrF2N2O3/c1-12(18(25)23-15-6-4-5-14(20)10-15)24(2)11-13-7-8-16(27-19(21)22)17(9-13)26-3/h4-10,12,19H,11H2,1-3H3,(H,23,25). The molecule has 0 aliphatic rings. The number of benzene rings is 2. The van der Waals surface area contributed by atoms with E-state index in [1.165, 1.54) is 13.2 Å². The SMILES string of the molecule is COc1cc(CN(C)C(C)C(=O)Nc2cccc(Br)c2)ccc1OC(F)F. The molecule has 0 aromatic heterocycles. The van der Waals surface area contributed by atoms with E-state index in [9.17, 15) is 13.6 Å². The molecule has 1 atom stereocenters. The topological polar surface area (TPSA) is 50.8 Å². The molecular weight excluding hydrogens is 422 g/mol. The Morgan fingerprint density at radius 1 is 1.22 bits per heavy atom. The Bertz CT molecular complexity index is 789. The average molecular weight is 443 g/mol. The zero-order valence-corrected chi connectivity index (χ0v) is 16.8. The van der Waals surface area contributed by atoms with E-state index in [0.29, 0.717) is 12.2 Å². The second-order valence-electron chi connectivity index (χ2n) is 5.95. The third kappa shape index (κ3) is 6.18. The van der Waals surface area contributed by atoms with Crippen LogP contribution in [0.2, 0.25) is 0 Å². The second-order valence-corrected chi connectivity index (χ2v) is 6.87. The molecule has 0 fully saturated rings. The van der Waals surface area contributed by atoms with Gasteiger partial charge in [0.1, 0.15) is 0 Å². The van der Waals surface area contributed by atoms with E-state index in [1.807, 2.05) is 29.2 Å². The van der Waals surface area contributed by atoms with Gasteiger partial charge in [-0.15, -0.1) is 0 Å². The minimum absolute atomic E-state index is 0.0284. The van der Waals surface area contributed by atoms with Crippen molar-refractivity contribution in [3.8, 4) is 11.5 Å². The number of anilines is 1. The second kappa shape index (κ2) is 9.66. The van der Waals surface area contributed by atoms with Crippen LogP contribution in [0, 0.1) is 0 Å². The molecule has 0 heterocycles. The van der Waals surface area contributed by atoms with Gasteiger partial charge < -0.3 is 14.8 Å². The minimum atomic E-state index is -2.92. The molecule has 2 rings (SSSR count). The monoisotopic (exact) mass is 442 g/mol. The molecule has 1 amide bonds. The van der Waals surface area contributed by atoms with Gasteiger partial charge in [0.25, 0.3) is 0 Å². The number of ether oxygens (including phenoxy) is 2. The van der Waals surface area contributed by atoms with Crippen LogP contribution >= 0.6 is 15.9 Å². The molecule has 2 aromatic rings. The van der Waals surface area contributed by atoms with Gasteiger partial charge in [0.2, 0.25) is 5.91 Å². The van der Waals surface area contributed by atoms with Crippen LogP contribution in [0.1, 0.15) is 12.5 Å². The van der Waals surface area contributed by atoms with Gasteiger partial charge in [-0.1, -0.05) is 28.1 Å². The lowest BCUT2D eigenvalue weighted by Crippen LogP contribution is -2.39. The van der Waals surface area contributed by atoms with Crippen molar-refractivity contribution in [2.24, 2.45) is 0 Å². The number of alkyl halides is 2. The van der Waals surface area contributed by atoms with Crippen LogP contribution in [0.3, 0.4) is 0 Å². The van der Waals surface area contributed by atoms with Crippen LogP contribution in [0.5, 0.6) is 11.5 Å². The Balaban J connectivity index is 2.02. The van der Waals surface area contributed by atoms with Crippen molar-refractivity contribution in [2.45, 2.75) is 26.1 Å². The predicted molar refractivity (Wildman–Crippen MR) is 103 cm³/mol. The van der Waals surface area contributed by atoms with Gasteiger partial charge in [-0.3, -0.25) is 9.69 Å². The molecule has 0 saturated carbocycles. The third-order valence-corrected chi connectivity index (χ3v) is 4.50. The summed E-state index contributed by atoms with van der Waals surface area (Å²) in [6, 6.07) is 11.6. The van der Waals surface area contributed by atoms with Crippen molar-refractivity contribution in [2.75, 3.05) is 19.5 Å². The summed E-state index contributed by atoms with van der Waals surface area (Å²) in [7, 11) is 3.19. The number of amides is 1. The lowest BCUT2D eigenvalue weighted by molar-refractivity contribution is -0.120. The highest BCUT2D eigenvalue weighted by atomic mass is 79.9. The molecular formula is C19H21BrF2N2O3. The van der Waals surface area contributed by atoms with Crippen LogP contribution in [0.25, 0.3) is 0 Å². The number of rotatable bonds is 8. The number of nitrogens with zero attached hydrogens (tertiary/aromatic N) is 1. The number of likely N-dealkylation sites (N-methyl/N-ethyl adjacent to an activating group) is 1. The van der Waals surface area contributed by atoms with Gasteiger partial charge in [-0.2, -0.15) is 8.78 Å². The summed E-state index contributed by atoms with van der Waals surface area (Å²) in [5.74, 6) is 0.0343. The van der Waals surface area contributed by atoms with Gasteiger partial charge in [-0.25, -0.2) is 0 Å². The van der Waals surface area contributed by atoms with E-state index in [1.54, 1.807) is 26.1 Å². The summed E-state index contributed by atoms with van der Waals surface area (Å²) in [5, 5.41) is 2.86. The highest BCUT2D eigenvalue weighted by Gasteiger charge is 2.19. The van der Waals surface area contributed by atoms with Gasteiger partial charge >= 0.3 is 6.61 Å². The van der Waals surface area contributed by atoms with Crippen molar-refractivity contribution in [1.82, 2.24) is 4.90 Å². The number of carbonyl (C=O) groups is 1. The molecule has 1 unspecified atom stereocenters. The minimum Gasteiger partial charge on any atom is -0.493 e. The maximum atomic E-state index is 12.5. The molecule has 0 radical (unpaired) electrons. The van der Waals surface area contributed by atoms with E-state index in [0.717, 1.165) is 10.0 Å². The van der Waals surface area contributed by atoms with Crippen molar-refractivity contribution in [1.29, 1.82) is 0 Å². The molecule has 0 saturated heterocycles. The summed E-state index contributed by atoms with van der Waals surface area (Å²) in [4.78, 5) is 14.3. The number of hydrogen-bond acceptors (Lipinski definition) is 4. The van der Waals surface area contributed by atoms with Gasteiger partial charge in [0.05, 0.1) is 13.2 Å². The molecule has 0 spiro atoms. The first-order valence-corrected chi connectivity index (χ1v) is 8.98. The molecule has 8 heteroatoms. The van der Waals surface area contributed by atoms with Gasteiger partial charge in [0, 0.05) is 16.7 Å². The van der Waals surface area contributed by atoms with Gasteiger partial charge in [0.15, 0.2) is 11.5 Å². The maximum Gasteiger partial charge on any atom is 0.387 e. The van der Waals surface area contributed by atoms with Crippen LogP contribution in [-0.4, -0.2) is 37.6 Å². The fourth-order valence-corrected chi connectivity index (χ4v) is 2.84. The van der Waals surface area contributed by atoms with Crippen molar-refractivity contribution in [3.05, 3.63) is 52.5 Å². The van der Waals surface area contributed by atoms with Gasteiger partial charge in [-0.05, 0) is 49.9 Å². The smallest absolute Gasteiger partial charge is 0.387 e. The Morgan fingerprint density at radius 2 is 1.96 bits per heavy atom. The number of halogens is 3. The average Bonchev–Trinajstić information content (AvgIpc) is 2.61. The highest BCUT2D eigenvalue weighted by Crippen LogP contribution is 2.30. The summed E-state index contributed by atoms with van der Waals surface area (Å²) in [6.45, 7) is -0.703. The Hall–Kier alpha value is -2.19. The van der Waals surface area contributed by atoms with Crippen LogP contribution in [0.15, 0.2) is 46.9 Å². The number of methoxy groups -OCH3 is 1. The summed E-state index contributed by atoms with van der Waals surface area (Å²) in [5.41, 5.74) is 1.50. The molecule has 5 nitrogen and oxygen atoms in total. The predicted octanol–water partition coefficient (Wildman–Crippen LogP) is 4.52.